The predicted molar refractivity (Wildman–Crippen MR) is 96.2 cm³/mol. The smallest absolute Gasteiger partial charge is 0.369 e. The molecular formula is C18H20F3N5O. The van der Waals surface area contributed by atoms with Crippen molar-refractivity contribution in [3.8, 4) is 0 Å². The molecule has 0 unspecified atom stereocenters. The highest BCUT2D eigenvalue weighted by Gasteiger charge is 2.35. The Balaban J connectivity index is 1.84. The van der Waals surface area contributed by atoms with E-state index in [1.54, 1.807) is 12.1 Å². The first-order valence-corrected chi connectivity index (χ1v) is 8.70. The summed E-state index contributed by atoms with van der Waals surface area (Å²) in [6, 6.07) is 5.24. The molecule has 0 atom stereocenters. The van der Waals surface area contributed by atoms with Crippen LogP contribution in [-0.4, -0.2) is 28.8 Å². The zero-order valence-corrected chi connectivity index (χ0v) is 14.6. The Bertz CT molecular complexity index is 838. The van der Waals surface area contributed by atoms with Crippen molar-refractivity contribution >= 4 is 23.2 Å². The van der Waals surface area contributed by atoms with Crippen LogP contribution < -0.4 is 16.4 Å². The van der Waals surface area contributed by atoms with Gasteiger partial charge in [0.25, 0.3) is 0 Å². The van der Waals surface area contributed by atoms with Crippen molar-refractivity contribution in [3.63, 3.8) is 0 Å². The van der Waals surface area contributed by atoms with Gasteiger partial charge in [-0.1, -0.05) is 0 Å². The van der Waals surface area contributed by atoms with Crippen molar-refractivity contribution in [2.75, 3.05) is 23.7 Å². The molecule has 0 aliphatic heterocycles. The number of nitrogens with one attached hydrogen (secondary N) is 2. The van der Waals surface area contributed by atoms with Crippen LogP contribution in [0, 0.1) is 0 Å². The second-order valence-corrected chi connectivity index (χ2v) is 6.30. The molecular weight excluding hydrogens is 359 g/mol. The molecule has 0 spiro atoms. The Labute approximate surface area is 154 Å². The fourth-order valence-electron chi connectivity index (χ4n) is 2.95. The number of nitrogens with zero attached hydrogens (tertiary/aromatic N) is 2. The van der Waals surface area contributed by atoms with Crippen LogP contribution in [0.4, 0.5) is 30.6 Å². The number of carbonyl (C=O) groups excluding carboxylic acids is 1. The summed E-state index contributed by atoms with van der Waals surface area (Å²) < 4.78 is 39.4. The maximum absolute atomic E-state index is 13.1. The minimum Gasteiger partial charge on any atom is -0.369 e. The molecule has 0 bridgehead atoms. The summed E-state index contributed by atoms with van der Waals surface area (Å²) in [7, 11) is 0. The molecule has 2 aromatic rings. The molecule has 0 fully saturated rings. The fraction of sp³-hybridized carbons (Fsp3) is 0.389. The average Bonchev–Trinajstić information content (AvgIpc) is 2.61. The van der Waals surface area contributed by atoms with Crippen molar-refractivity contribution in [2.45, 2.75) is 31.9 Å². The van der Waals surface area contributed by atoms with Crippen LogP contribution in [0.5, 0.6) is 0 Å². The van der Waals surface area contributed by atoms with Gasteiger partial charge in [0, 0.05) is 30.4 Å². The normalized spacial score (nSPS) is 14.0. The average molecular weight is 379 g/mol. The minimum atomic E-state index is -4.56. The minimum absolute atomic E-state index is 0.0420. The molecule has 6 nitrogen and oxygen atoms in total. The van der Waals surface area contributed by atoms with E-state index >= 15 is 0 Å². The largest absolute Gasteiger partial charge is 0.421 e. The summed E-state index contributed by atoms with van der Waals surface area (Å²) in [6.07, 6.45) is -1.17. The Morgan fingerprint density at radius 2 is 2.04 bits per heavy atom. The molecule has 0 saturated heterocycles. The second-order valence-electron chi connectivity index (χ2n) is 6.30. The Hall–Kier alpha value is -2.68. The number of anilines is 3. The summed E-state index contributed by atoms with van der Waals surface area (Å²) in [5.74, 6) is -0.137. The van der Waals surface area contributed by atoms with E-state index in [-0.39, 0.29) is 24.1 Å². The Morgan fingerprint density at radius 1 is 1.22 bits per heavy atom. The lowest BCUT2D eigenvalue weighted by Gasteiger charge is -2.17. The molecule has 3 rings (SSSR count). The summed E-state index contributed by atoms with van der Waals surface area (Å²) in [5, 5.41) is 5.58. The van der Waals surface area contributed by atoms with Crippen molar-refractivity contribution < 1.29 is 18.0 Å². The van der Waals surface area contributed by atoms with Crippen LogP contribution in [0.3, 0.4) is 0 Å². The summed E-state index contributed by atoms with van der Waals surface area (Å²) in [6.45, 7) is 0.634. The van der Waals surface area contributed by atoms with Crippen LogP contribution in [-0.2, 0) is 12.6 Å². The number of halogens is 3. The molecule has 1 aromatic carbocycles. The number of nitrogens with two attached hydrogens (primary N) is 1. The van der Waals surface area contributed by atoms with Gasteiger partial charge in [-0.05, 0) is 49.6 Å². The van der Waals surface area contributed by atoms with E-state index < -0.39 is 11.7 Å². The molecule has 9 heteroatoms. The number of hydrogen-bond acceptors (Lipinski definition) is 6. The van der Waals surface area contributed by atoms with E-state index in [9.17, 15) is 18.0 Å². The molecule has 144 valence electrons. The quantitative estimate of drug-likeness (QED) is 0.665. The first kappa shape index (κ1) is 19.1. The number of Topliss-reactive ketones (excluding diaryl/α,β-unsaturated/α-hetero) is 1. The van der Waals surface area contributed by atoms with Crippen LogP contribution in [0.15, 0.2) is 24.4 Å². The van der Waals surface area contributed by atoms with Crippen molar-refractivity contribution in [3.05, 3.63) is 41.1 Å². The molecule has 1 heterocycles. The van der Waals surface area contributed by atoms with E-state index in [2.05, 4.69) is 20.6 Å². The molecule has 1 aliphatic carbocycles. The van der Waals surface area contributed by atoms with Gasteiger partial charge in [0.05, 0.1) is 0 Å². The van der Waals surface area contributed by atoms with Gasteiger partial charge < -0.3 is 16.4 Å². The topological polar surface area (TPSA) is 92.9 Å². The summed E-state index contributed by atoms with van der Waals surface area (Å²) >= 11 is 0. The Morgan fingerprint density at radius 3 is 2.78 bits per heavy atom. The number of rotatable bonds is 6. The van der Waals surface area contributed by atoms with E-state index in [0.717, 1.165) is 24.6 Å². The molecule has 0 amide bonds. The number of hydrogen-bond donors (Lipinski definition) is 3. The molecule has 27 heavy (non-hydrogen) atoms. The molecule has 4 N–H and O–H groups in total. The Kier molecular flexibility index (Phi) is 5.59. The maximum Gasteiger partial charge on any atom is 0.421 e. The zero-order valence-electron chi connectivity index (χ0n) is 14.6. The van der Waals surface area contributed by atoms with Gasteiger partial charge >= 0.3 is 6.18 Å². The number of alkyl halides is 3. The lowest BCUT2D eigenvalue weighted by atomic mass is 9.90. The lowest BCUT2D eigenvalue weighted by Crippen LogP contribution is -2.16. The summed E-state index contributed by atoms with van der Waals surface area (Å²) in [5.41, 5.74) is 6.69. The molecule has 1 aromatic heterocycles. The predicted octanol–water partition coefficient (Wildman–Crippen LogP) is 3.52. The van der Waals surface area contributed by atoms with Crippen LogP contribution in [0.1, 0.15) is 40.7 Å². The molecule has 0 radical (unpaired) electrons. The standard InChI is InChI=1S/C18H20F3N5O/c19-18(20,21)14-10-24-17(26-16(14)23-8-2-7-22)25-12-5-6-13-11(9-12)3-1-4-15(13)27/h5-6,9-10H,1-4,7-8,22H2,(H2,23,24,25,26). The zero-order chi connectivity index (χ0) is 19.4. The van der Waals surface area contributed by atoms with Gasteiger partial charge in [-0.25, -0.2) is 4.98 Å². The van der Waals surface area contributed by atoms with Crippen LogP contribution in [0.2, 0.25) is 0 Å². The van der Waals surface area contributed by atoms with Gasteiger partial charge in [-0.15, -0.1) is 0 Å². The number of aromatic nitrogens is 2. The second kappa shape index (κ2) is 7.91. The van der Waals surface area contributed by atoms with Crippen LogP contribution >= 0.6 is 0 Å². The number of ketones is 1. The van der Waals surface area contributed by atoms with Gasteiger partial charge in [0.2, 0.25) is 5.95 Å². The van der Waals surface area contributed by atoms with Crippen LogP contribution in [0.25, 0.3) is 0 Å². The highest BCUT2D eigenvalue weighted by atomic mass is 19.4. The number of fused-ring (bicyclic) bond motifs is 1. The fourth-order valence-corrected chi connectivity index (χ4v) is 2.95. The molecule has 1 aliphatic rings. The first-order chi connectivity index (χ1) is 12.9. The maximum atomic E-state index is 13.1. The number of benzene rings is 1. The van der Waals surface area contributed by atoms with E-state index in [0.29, 0.717) is 30.6 Å². The lowest BCUT2D eigenvalue weighted by molar-refractivity contribution is -0.137. The number of carbonyl (C=O) groups is 1. The van der Waals surface area contributed by atoms with Crippen molar-refractivity contribution in [1.29, 1.82) is 0 Å². The van der Waals surface area contributed by atoms with Gasteiger partial charge in [0.15, 0.2) is 5.78 Å². The summed E-state index contributed by atoms with van der Waals surface area (Å²) in [4.78, 5) is 19.6. The van der Waals surface area contributed by atoms with Crippen molar-refractivity contribution in [2.24, 2.45) is 5.73 Å². The van der Waals surface area contributed by atoms with Gasteiger partial charge in [-0.2, -0.15) is 18.2 Å². The van der Waals surface area contributed by atoms with Crippen molar-refractivity contribution in [1.82, 2.24) is 9.97 Å². The van der Waals surface area contributed by atoms with E-state index in [1.165, 1.54) is 0 Å². The first-order valence-electron chi connectivity index (χ1n) is 8.70. The van der Waals surface area contributed by atoms with Gasteiger partial charge in [-0.3, -0.25) is 4.79 Å². The third-order valence-corrected chi connectivity index (χ3v) is 4.28. The highest BCUT2D eigenvalue weighted by Crippen LogP contribution is 2.34. The molecule has 0 saturated carbocycles. The third-order valence-electron chi connectivity index (χ3n) is 4.28. The van der Waals surface area contributed by atoms with E-state index in [4.69, 9.17) is 5.73 Å². The SMILES string of the molecule is NCCCNc1nc(Nc2ccc3c(c2)CCCC3=O)ncc1C(F)(F)F. The monoisotopic (exact) mass is 379 g/mol. The highest BCUT2D eigenvalue weighted by molar-refractivity contribution is 5.98. The third kappa shape index (κ3) is 4.54. The van der Waals surface area contributed by atoms with Gasteiger partial charge in [0.1, 0.15) is 11.4 Å². The van der Waals surface area contributed by atoms with E-state index in [1.807, 2.05) is 6.07 Å². The number of aryl methyl sites for hydroxylation is 1.